The van der Waals surface area contributed by atoms with Gasteiger partial charge in [-0.1, -0.05) is 37.3 Å². The zero-order chi connectivity index (χ0) is 18.2. The molecule has 6 heteroatoms. The smallest absolute Gasteiger partial charge is 0.317 e. The molecule has 0 aromatic heterocycles. The summed E-state index contributed by atoms with van der Waals surface area (Å²) < 4.78 is 0. The van der Waals surface area contributed by atoms with Crippen molar-refractivity contribution < 1.29 is 14.7 Å². The average molecular weight is 347 g/mol. The zero-order valence-electron chi connectivity index (χ0n) is 15.1. The SMILES string of the molecule is CCN(CC(C)C(=O)O)C(=O)NC1CCCN(Cc2ccccc2)C1. The Labute approximate surface area is 149 Å². The summed E-state index contributed by atoms with van der Waals surface area (Å²) in [6.45, 7) is 6.99. The largest absolute Gasteiger partial charge is 0.481 e. The van der Waals surface area contributed by atoms with Crippen molar-refractivity contribution in [3.63, 3.8) is 0 Å². The Morgan fingerprint density at radius 3 is 2.72 bits per heavy atom. The molecule has 1 fully saturated rings. The van der Waals surface area contributed by atoms with Crippen LogP contribution in [0.1, 0.15) is 32.3 Å². The first-order valence-electron chi connectivity index (χ1n) is 9.04. The number of piperidine rings is 1. The van der Waals surface area contributed by atoms with Gasteiger partial charge in [0, 0.05) is 32.2 Å². The number of carboxylic acid groups (broad SMARTS) is 1. The lowest BCUT2D eigenvalue weighted by Gasteiger charge is -2.34. The molecule has 1 aliphatic heterocycles. The van der Waals surface area contributed by atoms with Gasteiger partial charge in [-0.25, -0.2) is 4.79 Å². The minimum atomic E-state index is -0.877. The Bertz CT molecular complexity index is 564. The van der Waals surface area contributed by atoms with Gasteiger partial charge in [0.2, 0.25) is 0 Å². The molecule has 0 saturated carbocycles. The molecule has 1 aromatic carbocycles. The second-order valence-corrected chi connectivity index (χ2v) is 6.79. The van der Waals surface area contributed by atoms with E-state index >= 15 is 0 Å². The van der Waals surface area contributed by atoms with Crippen LogP contribution in [0.2, 0.25) is 0 Å². The standard InChI is InChI=1S/C19H29N3O3/c1-3-22(12-15(2)18(23)24)19(25)20-17-10-7-11-21(14-17)13-16-8-5-4-6-9-16/h4-6,8-9,15,17H,3,7,10-14H2,1-2H3,(H,20,25)(H,23,24). The molecule has 138 valence electrons. The van der Waals surface area contributed by atoms with Gasteiger partial charge < -0.3 is 15.3 Å². The molecule has 1 aromatic rings. The third kappa shape index (κ3) is 6.05. The quantitative estimate of drug-likeness (QED) is 0.794. The normalized spacial score (nSPS) is 19.2. The maximum atomic E-state index is 12.5. The van der Waals surface area contributed by atoms with Gasteiger partial charge in [0.15, 0.2) is 0 Å². The number of amides is 2. The van der Waals surface area contributed by atoms with Gasteiger partial charge in [-0.15, -0.1) is 0 Å². The zero-order valence-corrected chi connectivity index (χ0v) is 15.1. The van der Waals surface area contributed by atoms with Crippen LogP contribution in [0.15, 0.2) is 30.3 Å². The van der Waals surface area contributed by atoms with Crippen LogP contribution in [-0.4, -0.2) is 59.1 Å². The number of carbonyl (C=O) groups is 2. The number of carboxylic acids is 1. The van der Waals surface area contributed by atoms with E-state index in [9.17, 15) is 9.59 Å². The highest BCUT2D eigenvalue weighted by atomic mass is 16.4. The molecule has 0 spiro atoms. The summed E-state index contributed by atoms with van der Waals surface area (Å²) in [5.41, 5.74) is 1.28. The summed E-state index contributed by atoms with van der Waals surface area (Å²) in [5.74, 6) is -1.44. The molecule has 0 radical (unpaired) electrons. The van der Waals surface area contributed by atoms with Crippen LogP contribution in [0, 0.1) is 5.92 Å². The molecule has 1 heterocycles. The molecular formula is C19H29N3O3. The van der Waals surface area contributed by atoms with Crippen molar-refractivity contribution in [2.45, 2.75) is 39.3 Å². The Kier molecular flexibility index (Phi) is 7.25. The number of nitrogens with zero attached hydrogens (tertiary/aromatic N) is 2. The van der Waals surface area contributed by atoms with E-state index in [1.165, 1.54) is 5.56 Å². The van der Waals surface area contributed by atoms with Crippen molar-refractivity contribution >= 4 is 12.0 Å². The minimum Gasteiger partial charge on any atom is -0.481 e. The van der Waals surface area contributed by atoms with Crippen molar-refractivity contribution in [3.8, 4) is 0 Å². The van der Waals surface area contributed by atoms with Gasteiger partial charge in [0.05, 0.1) is 5.92 Å². The molecule has 1 aliphatic rings. The van der Waals surface area contributed by atoms with Gasteiger partial charge in [-0.2, -0.15) is 0 Å². The highest BCUT2D eigenvalue weighted by Gasteiger charge is 2.25. The number of likely N-dealkylation sites (tertiary alicyclic amines) is 1. The number of hydrogen-bond donors (Lipinski definition) is 2. The number of carbonyl (C=O) groups excluding carboxylic acids is 1. The van der Waals surface area contributed by atoms with E-state index < -0.39 is 11.9 Å². The lowest BCUT2D eigenvalue weighted by molar-refractivity contribution is -0.141. The molecule has 6 nitrogen and oxygen atoms in total. The fraction of sp³-hybridized carbons (Fsp3) is 0.579. The Balaban J connectivity index is 1.85. The molecule has 2 N–H and O–H groups in total. The molecule has 2 amide bonds. The van der Waals surface area contributed by atoms with E-state index in [1.54, 1.807) is 11.8 Å². The van der Waals surface area contributed by atoms with Gasteiger partial charge in [-0.05, 0) is 31.9 Å². The van der Waals surface area contributed by atoms with Crippen LogP contribution in [0.4, 0.5) is 4.79 Å². The van der Waals surface area contributed by atoms with E-state index in [1.807, 2.05) is 25.1 Å². The van der Waals surface area contributed by atoms with Crippen molar-refractivity contribution in [2.24, 2.45) is 5.92 Å². The van der Waals surface area contributed by atoms with Gasteiger partial charge in [0.1, 0.15) is 0 Å². The van der Waals surface area contributed by atoms with Gasteiger partial charge in [-0.3, -0.25) is 9.69 Å². The van der Waals surface area contributed by atoms with E-state index in [0.29, 0.717) is 6.54 Å². The predicted octanol–water partition coefficient (Wildman–Crippen LogP) is 2.40. The first kappa shape index (κ1) is 19.2. The summed E-state index contributed by atoms with van der Waals surface area (Å²) in [4.78, 5) is 27.4. The van der Waals surface area contributed by atoms with Crippen LogP contribution < -0.4 is 5.32 Å². The number of nitrogens with one attached hydrogen (secondary N) is 1. The minimum absolute atomic E-state index is 0.110. The van der Waals surface area contributed by atoms with Crippen molar-refractivity contribution in [1.82, 2.24) is 15.1 Å². The van der Waals surface area contributed by atoms with Crippen molar-refractivity contribution in [2.75, 3.05) is 26.2 Å². The van der Waals surface area contributed by atoms with Crippen LogP contribution >= 0.6 is 0 Å². The number of hydrogen-bond acceptors (Lipinski definition) is 3. The summed E-state index contributed by atoms with van der Waals surface area (Å²) in [7, 11) is 0. The van der Waals surface area contributed by atoms with Crippen LogP contribution in [-0.2, 0) is 11.3 Å². The molecule has 2 unspecified atom stereocenters. The number of benzene rings is 1. The third-order valence-electron chi connectivity index (χ3n) is 4.67. The van der Waals surface area contributed by atoms with E-state index in [2.05, 4.69) is 22.3 Å². The van der Waals surface area contributed by atoms with E-state index in [4.69, 9.17) is 5.11 Å². The maximum absolute atomic E-state index is 12.5. The number of urea groups is 1. The third-order valence-corrected chi connectivity index (χ3v) is 4.67. The van der Waals surface area contributed by atoms with Gasteiger partial charge in [0.25, 0.3) is 0 Å². The molecule has 2 rings (SSSR count). The lowest BCUT2D eigenvalue weighted by Crippen LogP contribution is -2.52. The van der Waals surface area contributed by atoms with Crippen molar-refractivity contribution in [3.05, 3.63) is 35.9 Å². The Morgan fingerprint density at radius 2 is 2.08 bits per heavy atom. The highest BCUT2D eigenvalue weighted by molar-refractivity contribution is 5.76. The predicted molar refractivity (Wildman–Crippen MR) is 97.3 cm³/mol. The topological polar surface area (TPSA) is 72.9 Å². The number of aliphatic carboxylic acids is 1. The fourth-order valence-electron chi connectivity index (χ4n) is 3.19. The molecule has 0 bridgehead atoms. The molecule has 25 heavy (non-hydrogen) atoms. The Hall–Kier alpha value is -2.08. The average Bonchev–Trinajstić information content (AvgIpc) is 2.60. The van der Waals surface area contributed by atoms with E-state index in [-0.39, 0.29) is 18.6 Å². The highest BCUT2D eigenvalue weighted by Crippen LogP contribution is 2.14. The summed E-state index contributed by atoms with van der Waals surface area (Å²) >= 11 is 0. The second kappa shape index (κ2) is 9.42. The maximum Gasteiger partial charge on any atom is 0.317 e. The monoisotopic (exact) mass is 347 g/mol. The van der Waals surface area contributed by atoms with Crippen molar-refractivity contribution in [1.29, 1.82) is 0 Å². The summed E-state index contributed by atoms with van der Waals surface area (Å²) in [6.07, 6.45) is 2.01. The first-order chi connectivity index (χ1) is 12.0. The van der Waals surface area contributed by atoms with E-state index in [0.717, 1.165) is 32.5 Å². The van der Waals surface area contributed by atoms with Crippen LogP contribution in [0.5, 0.6) is 0 Å². The van der Waals surface area contributed by atoms with Gasteiger partial charge >= 0.3 is 12.0 Å². The molecule has 1 saturated heterocycles. The van der Waals surface area contributed by atoms with Crippen LogP contribution in [0.3, 0.4) is 0 Å². The fourth-order valence-corrected chi connectivity index (χ4v) is 3.19. The number of rotatable bonds is 7. The molecular weight excluding hydrogens is 318 g/mol. The first-order valence-corrected chi connectivity index (χ1v) is 9.04. The summed E-state index contributed by atoms with van der Waals surface area (Å²) in [5, 5.41) is 12.1. The second-order valence-electron chi connectivity index (χ2n) is 6.79. The lowest BCUT2D eigenvalue weighted by atomic mass is 10.0. The Morgan fingerprint density at radius 1 is 1.36 bits per heavy atom. The summed E-state index contributed by atoms with van der Waals surface area (Å²) in [6, 6.07) is 10.3. The molecule has 0 aliphatic carbocycles. The molecule has 2 atom stereocenters. The van der Waals surface area contributed by atoms with Crippen LogP contribution in [0.25, 0.3) is 0 Å².